The molecule has 0 atom stereocenters. The minimum Gasteiger partial charge on any atom is -0.303 e. The standard InChI is InChI=1S/C4H7N4/c5-3-1-7-2-4(6)8-3/h5-7H,1-2H2. The summed E-state index contributed by atoms with van der Waals surface area (Å²) in [6.07, 6.45) is 0. The number of amidine groups is 2. The topological polar surface area (TPSA) is 73.8 Å². The Balaban J connectivity index is 2.45. The van der Waals surface area contributed by atoms with Crippen LogP contribution in [0.15, 0.2) is 0 Å². The van der Waals surface area contributed by atoms with Crippen LogP contribution in [0.5, 0.6) is 0 Å². The predicted molar refractivity (Wildman–Crippen MR) is 30.5 cm³/mol. The molecule has 4 heteroatoms. The van der Waals surface area contributed by atoms with Crippen LogP contribution in [-0.2, 0) is 0 Å². The molecule has 43 valence electrons. The summed E-state index contributed by atoms with van der Waals surface area (Å²) in [7, 11) is 0. The maximum absolute atomic E-state index is 6.95. The van der Waals surface area contributed by atoms with E-state index >= 15 is 0 Å². The highest BCUT2D eigenvalue weighted by atomic mass is 15.1. The van der Waals surface area contributed by atoms with Crippen molar-refractivity contribution in [1.29, 1.82) is 10.8 Å². The molecule has 0 aromatic carbocycles. The summed E-state index contributed by atoms with van der Waals surface area (Å²) in [6.45, 7) is 1.00. The highest BCUT2D eigenvalue weighted by Gasteiger charge is 2.08. The molecular weight excluding hydrogens is 104 g/mol. The van der Waals surface area contributed by atoms with Gasteiger partial charge in [0.2, 0.25) is 0 Å². The van der Waals surface area contributed by atoms with Crippen molar-refractivity contribution >= 4 is 11.7 Å². The number of piperazine rings is 1. The fraction of sp³-hybridized carbons (Fsp3) is 0.500. The zero-order chi connectivity index (χ0) is 5.98. The molecule has 8 heavy (non-hydrogen) atoms. The molecule has 1 heterocycles. The lowest BCUT2D eigenvalue weighted by Gasteiger charge is -2.12. The van der Waals surface area contributed by atoms with E-state index in [1.165, 1.54) is 0 Å². The second kappa shape index (κ2) is 1.92. The van der Waals surface area contributed by atoms with Gasteiger partial charge >= 0.3 is 0 Å². The van der Waals surface area contributed by atoms with Crippen LogP contribution in [0.25, 0.3) is 0 Å². The van der Waals surface area contributed by atoms with Gasteiger partial charge < -0.3 is 5.32 Å². The fourth-order valence-electron chi connectivity index (χ4n) is 0.541. The molecule has 4 nitrogen and oxygen atoms in total. The summed E-state index contributed by atoms with van der Waals surface area (Å²) in [5.41, 5.74) is 0. The second-order valence-corrected chi connectivity index (χ2v) is 1.61. The summed E-state index contributed by atoms with van der Waals surface area (Å²) < 4.78 is 0. The quantitative estimate of drug-likeness (QED) is 0.374. The van der Waals surface area contributed by atoms with Crippen LogP contribution in [0.3, 0.4) is 0 Å². The first-order chi connectivity index (χ1) is 3.79. The first-order valence-corrected chi connectivity index (χ1v) is 2.36. The van der Waals surface area contributed by atoms with Gasteiger partial charge in [-0.25, -0.2) is 5.32 Å². The van der Waals surface area contributed by atoms with E-state index in [1.54, 1.807) is 0 Å². The summed E-state index contributed by atoms with van der Waals surface area (Å²) in [4.78, 5) is 0. The maximum atomic E-state index is 6.95. The minimum absolute atomic E-state index is 0.251. The van der Waals surface area contributed by atoms with Gasteiger partial charge in [-0.15, -0.1) is 0 Å². The van der Waals surface area contributed by atoms with Crippen molar-refractivity contribution in [2.45, 2.75) is 0 Å². The SMILES string of the molecule is N=C1CNCC(=N)[N]1. The zero-order valence-electron chi connectivity index (χ0n) is 4.36. The minimum atomic E-state index is 0.251. The summed E-state index contributed by atoms with van der Waals surface area (Å²) >= 11 is 0. The molecule has 0 saturated carbocycles. The van der Waals surface area contributed by atoms with Crippen molar-refractivity contribution in [2.24, 2.45) is 0 Å². The van der Waals surface area contributed by atoms with E-state index in [9.17, 15) is 0 Å². The van der Waals surface area contributed by atoms with Gasteiger partial charge in [0.1, 0.15) is 11.7 Å². The lowest BCUT2D eigenvalue weighted by molar-refractivity contribution is 0.816. The van der Waals surface area contributed by atoms with Crippen molar-refractivity contribution in [3.8, 4) is 0 Å². The molecular formula is C4H7N4. The Hall–Kier alpha value is -0.900. The molecule has 1 rings (SSSR count). The molecule has 0 amide bonds. The Kier molecular flexibility index (Phi) is 1.26. The molecule has 1 fully saturated rings. The van der Waals surface area contributed by atoms with Crippen LogP contribution in [0.1, 0.15) is 0 Å². The molecule has 0 aliphatic carbocycles. The van der Waals surface area contributed by atoms with Gasteiger partial charge in [-0.2, -0.15) is 0 Å². The van der Waals surface area contributed by atoms with Gasteiger partial charge in [-0.3, -0.25) is 10.8 Å². The highest BCUT2D eigenvalue weighted by Crippen LogP contribution is 1.77. The van der Waals surface area contributed by atoms with Crippen LogP contribution in [0.4, 0.5) is 0 Å². The van der Waals surface area contributed by atoms with Crippen LogP contribution >= 0.6 is 0 Å². The Morgan fingerprint density at radius 3 is 2.00 bits per heavy atom. The maximum Gasteiger partial charge on any atom is 0.136 e. The van der Waals surface area contributed by atoms with E-state index < -0.39 is 0 Å². The number of hydrogen-bond acceptors (Lipinski definition) is 3. The second-order valence-electron chi connectivity index (χ2n) is 1.61. The smallest absolute Gasteiger partial charge is 0.136 e. The lowest BCUT2D eigenvalue weighted by atomic mass is 10.4. The van der Waals surface area contributed by atoms with E-state index in [-0.39, 0.29) is 11.7 Å². The van der Waals surface area contributed by atoms with Crippen molar-refractivity contribution in [1.82, 2.24) is 10.6 Å². The van der Waals surface area contributed by atoms with Crippen LogP contribution in [0.2, 0.25) is 0 Å². The fourth-order valence-corrected chi connectivity index (χ4v) is 0.541. The molecule has 0 aromatic rings. The average molecular weight is 111 g/mol. The number of hydrogen-bond donors (Lipinski definition) is 3. The molecule has 1 saturated heterocycles. The van der Waals surface area contributed by atoms with Crippen molar-refractivity contribution in [2.75, 3.05) is 13.1 Å². The summed E-state index contributed by atoms with van der Waals surface area (Å²) in [5, 5.41) is 20.3. The number of nitrogens with zero attached hydrogens (tertiary/aromatic N) is 1. The monoisotopic (exact) mass is 111 g/mol. The third kappa shape index (κ3) is 1.04. The zero-order valence-corrected chi connectivity index (χ0v) is 4.36. The third-order valence-corrected chi connectivity index (χ3v) is 0.855. The number of rotatable bonds is 0. The van der Waals surface area contributed by atoms with Gasteiger partial charge in [-0.1, -0.05) is 0 Å². The van der Waals surface area contributed by atoms with E-state index in [1.807, 2.05) is 0 Å². The van der Waals surface area contributed by atoms with Gasteiger partial charge in [0, 0.05) is 0 Å². The third-order valence-electron chi connectivity index (χ3n) is 0.855. The van der Waals surface area contributed by atoms with Gasteiger partial charge in [0.25, 0.3) is 0 Å². The molecule has 1 aliphatic heterocycles. The Morgan fingerprint density at radius 2 is 1.75 bits per heavy atom. The molecule has 0 unspecified atom stereocenters. The first-order valence-electron chi connectivity index (χ1n) is 2.36. The van der Waals surface area contributed by atoms with E-state index in [4.69, 9.17) is 10.8 Å². The van der Waals surface area contributed by atoms with Gasteiger partial charge in [0.15, 0.2) is 0 Å². The first kappa shape index (κ1) is 5.24. The Bertz CT molecular complexity index is 114. The van der Waals surface area contributed by atoms with Crippen molar-refractivity contribution in [3.05, 3.63) is 0 Å². The lowest BCUT2D eigenvalue weighted by Crippen LogP contribution is -2.43. The molecule has 0 bridgehead atoms. The normalized spacial score (nSPS) is 20.5. The molecule has 0 aromatic heterocycles. The number of nitrogens with one attached hydrogen (secondary N) is 3. The molecule has 0 spiro atoms. The van der Waals surface area contributed by atoms with Crippen molar-refractivity contribution in [3.63, 3.8) is 0 Å². The van der Waals surface area contributed by atoms with Gasteiger partial charge in [-0.05, 0) is 0 Å². The predicted octanol–water partition coefficient (Wildman–Crippen LogP) is -0.851. The van der Waals surface area contributed by atoms with Gasteiger partial charge in [0.05, 0.1) is 13.1 Å². The Morgan fingerprint density at radius 1 is 1.25 bits per heavy atom. The van der Waals surface area contributed by atoms with Crippen molar-refractivity contribution < 1.29 is 0 Å². The average Bonchev–Trinajstić information content (AvgIpc) is 1.64. The summed E-state index contributed by atoms with van der Waals surface area (Å²) in [6, 6.07) is 0. The van der Waals surface area contributed by atoms with E-state index in [0.717, 1.165) is 0 Å². The Labute approximate surface area is 47.3 Å². The largest absolute Gasteiger partial charge is 0.303 e. The van der Waals surface area contributed by atoms with E-state index in [2.05, 4.69) is 10.6 Å². The molecule has 1 radical (unpaired) electrons. The van der Waals surface area contributed by atoms with Crippen LogP contribution in [-0.4, -0.2) is 24.8 Å². The van der Waals surface area contributed by atoms with Crippen LogP contribution in [0, 0.1) is 10.8 Å². The molecule has 3 N–H and O–H groups in total. The van der Waals surface area contributed by atoms with Crippen LogP contribution < -0.4 is 10.6 Å². The highest BCUT2D eigenvalue weighted by molar-refractivity contribution is 6.01. The van der Waals surface area contributed by atoms with E-state index in [0.29, 0.717) is 13.1 Å². The summed E-state index contributed by atoms with van der Waals surface area (Å²) in [5.74, 6) is 0.502. The molecule has 1 aliphatic rings.